The fourth-order valence-corrected chi connectivity index (χ4v) is 1.95. The summed E-state index contributed by atoms with van der Waals surface area (Å²) in [6, 6.07) is 0. The summed E-state index contributed by atoms with van der Waals surface area (Å²) in [4.78, 5) is 8.51. The summed E-state index contributed by atoms with van der Waals surface area (Å²) in [5.74, 6) is 1.62. The Morgan fingerprint density at radius 3 is 2.65 bits per heavy atom. The number of rotatable bonds is 9. The molecule has 0 radical (unpaired) electrons. The van der Waals surface area contributed by atoms with Crippen molar-refractivity contribution in [1.82, 2.24) is 9.97 Å². The summed E-state index contributed by atoms with van der Waals surface area (Å²) < 4.78 is 5.01. The van der Waals surface area contributed by atoms with E-state index in [1.165, 1.54) is 6.33 Å². The van der Waals surface area contributed by atoms with E-state index >= 15 is 0 Å². The molecular formula is C14H26N4O2. The van der Waals surface area contributed by atoms with E-state index in [9.17, 15) is 5.11 Å². The lowest BCUT2D eigenvalue weighted by Crippen LogP contribution is -2.35. The Kier molecular flexibility index (Phi) is 6.67. The Morgan fingerprint density at radius 1 is 1.35 bits per heavy atom. The smallest absolute Gasteiger partial charge is 0.134 e. The van der Waals surface area contributed by atoms with Gasteiger partial charge in [-0.05, 0) is 13.3 Å². The molecule has 20 heavy (non-hydrogen) atoms. The normalized spacial score (nSPS) is 13.8. The minimum absolute atomic E-state index is 0.424. The van der Waals surface area contributed by atoms with Gasteiger partial charge in [-0.15, -0.1) is 0 Å². The summed E-state index contributed by atoms with van der Waals surface area (Å²) in [6.07, 6.45) is 4.00. The van der Waals surface area contributed by atoms with Crippen molar-refractivity contribution in [1.29, 1.82) is 0 Å². The van der Waals surface area contributed by atoms with Crippen LogP contribution in [0.25, 0.3) is 0 Å². The second-order valence-corrected chi connectivity index (χ2v) is 5.14. The second kappa shape index (κ2) is 8.01. The van der Waals surface area contributed by atoms with E-state index in [-0.39, 0.29) is 0 Å². The average Bonchev–Trinajstić information content (AvgIpc) is 2.44. The molecule has 0 bridgehead atoms. The van der Waals surface area contributed by atoms with Crippen molar-refractivity contribution in [2.75, 3.05) is 37.9 Å². The van der Waals surface area contributed by atoms with Crippen LogP contribution in [0.4, 0.5) is 11.6 Å². The van der Waals surface area contributed by atoms with Gasteiger partial charge in [0, 0.05) is 39.3 Å². The van der Waals surface area contributed by atoms with Crippen LogP contribution in [0.1, 0.15) is 32.3 Å². The summed E-state index contributed by atoms with van der Waals surface area (Å²) in [5.41, 5.74) is 0.226. The molecule has 0 aliphatic heterocycles. The molecule has 0 amide bonds. The van der Waals surface area contributed by atoms with Gasteiger partial charge in [0.1, 0.15) is 18.0 Å². The quantitative estimate of drug-likeness (QED) is 0.639. The Bertz CT molecular complexity index is 410. The van der Waals surface area contributed by atoms with Crippen molar-refractivity contribution >= 4 is 11.6 Å². The van der Waals surface area contributed by atoms with Crippen molar-refractivity contribution in [2.45, 2.75) is 38.7 Å². The third kappa shape index (κ3) is 4.94. The SMILES string of the molecule is CCCc1c(NC)ncnc1NCC(C)(O)CCOC. The number of aromatic nitrogens is 2. The van der Waals surface area contributed by atoms with Gasteiger partial charge in [0.2, 0.25) is 0 Å². The third-order valence-corrected chi connectivity index (χ3v) is 3.16. The van der Waals surface area contributed by atoms with E-state index in [2.05, 4.69) is 27.5 Å². The van der Waals surface area contributed by atoms with E-state index in [0.29, 0.717) is 19.6 Å². The van der Waals surface area contributed by atoms with E-state index in [0.717, 1.165) is 30.0 Å². The van der Waals surface area contributed by atoms with Gasteiger partial charge in [-0.3, -0.25) is 0 Å². The first kappa shape index (κ1) is 16.7. The highest BCUT2D eigenvalue weighted by Crippen LogP contribution is 2.22. The molecule has 1 heterocycles. The molecule has 1 atom stereocenters. The third-order valence-electron chi connectivity index (χ3n) is 3.16. The molecule has 1 unspecified atom stereocenters. The van der Waals surface area contributed by atoms with Gasteiger partial charge in [-0.2, -0.15) is 0 Å². The van der Waals surface area contributed by atoms with Gasteiger partial charge in [-0.1, -0.05) is 13.3 Å². The molecule has 1 aromatic heterocycles. The molecule has 6 nitrogen and oxygen atoms in total. The molecule has 1 rings (SSSR count). The lowest BCUT2D eigenvalue weighted by molar-refractivity contribution is 0.0357. The number of anilines is 2. The topological polar surface area (TPSA) is 79.3 Å². The Morgan fingerprint density at radius 2 is 2.05 bits per heavy atom. The van der Waals surface area contributed by atoms with Crippen LogP contribution in [0.2, 0.25) is 0 Å². The summed E-state index contributed by atoms with van der Waals surface area (Å²) in [5, 5.41) is 16.6. The zero-order valence-electron chi connectivity index (χ0n) is 12.9. The van der Waals surface area contributed by atoms with Gasteiger partial charge < -0.3 is 20.5 Å². The highest BCUT2D eigenvalue weighted by Gasteiger charge is 2.21. The van der Waals surface area contributed by atoms with Gasteiger partial charge in [-0.25, -0.2) is 9.97 Å². The van der Waals surface area contributed by atoms with Gasteiger partial charge >= 0.3 is 0 Å². The first-order valence-corrected chi connectivity index (χ1v) is 7.01. The van der Waals surface area contributed by atoms with E-state index in [1.807, 2.05) is 7.05 Å². The van der Waals surface area contributed by atoms with E-state index < -0.39 is 5.60 Å². The highest BCUT2D eigenvalue weighted by atomic mass is 16.5. The van der Waals surface area contributed by atoms with Gasteiger partial charge in [0.05, 0.1) is 5.60 Å². The van der Waals surface area contributed by atoms with Gasteiger partial charge in [0.15, 0.2) is 0 Å². The molecule has 0 fully saturated rings. The minimum Gasteiger partial charge on any atom is -0.388 e. The van der Waals surface area contributed by atoms with Gasteiger partial charge in [0.25, 0.3) is 0 Å². The number of ether oxygens (including phenoxy) is 1. The molecule has 1 aromatic rings. The standard InChI is InChI=1S/C14H26N4O2/c1-5-6-11-12(15-3)17-10-18-13(11)16-9-14(2,19)7-8-20-4/h10,19H,5-9H2,1-4H3,(H2,15,16,17,18). The van der Waals surface area contributed by atoms with Crippen molar-refractivity contribution < 1.29 is 9.84 Å². The fraction of sp³-hybridized carbons (Fsp3) is 0.714. The van der Waals surface area contributed by atoms with Crippen molar-refractivity contribution in [2.24, 2.45) is 0 Å². The Labute approximate surface area is 121 Å². The molecule has 114 valence electrons. The molecule has 0 spiro atoms. The zero-order chi connectivity index (χ0) is 15.0. The summed E-state index contributed by atoms with van der Waals surface area (Å²) >= 11 is 0. The first-order valence-electron chi connectivity index (χ1n) is 7.01. The molecule has 0 aliphatic carbocycles. The molecule has 3 N–H and O–H groups in total. The van der Waals surface area contributed by atoms with E-state index in [1.54, 1.807) is 14.0 Å². The minimum atomic E-state index is -0.829. The monoisotopic (exact) mass is 282 g/mol. The lowest BCUT2D eigenvalue weighted by Gasteiger charge is -2.24. The molecule has 0 aromatic carbocycles. The molecule has 0 saturated carbocycles. The lowest BCUT2D eigenvalue weighted by atomic mass is 10.0. The van der Waals surface area contributed by atoms with Crippen molar-refractivity contribution in [3.05, 3.63) is 11.9 Å². The fourth-order valence-electron chi connectivity index (χ4n) is 1.95. The van der Waals surface area contributed by atoms with E-state index in [4.69, 9.17) is 4.74 Å². The number of hydrogen-bond donors (Lipinski definition) is 3. The maximum Gasteiger partial charge on any atom is 0.134 e. The second-order valence-electron chi connectivity index (χ2n) is 5.14. The molecule has 0 saturated heterocycles. The van der Waals surface area contributed by atoms with Crippen LogP contribution < -0.4 is 10.6 Å². The Balaban J connectivity index is 2.76. The largest absolute Gasteiger partial charge is 0.388 e. The summed E-state index contributed by atoms with van der Waals surface area (Å²) in [6.45, 7) is 4.86. The van der Waals surface area contributed by atoms with Crippen LogP contribution in [-0.2, 0) is 11.2 Å². The van der Waals surface area contributed by atoms with Crippen molar-refractivity contribution in [3.8, 4) is 0 Å². The average molecular weight is 282 g/mol. The van der Waals surface area contributed by atoms with Crippen LogP contribution in [0, 0.1) is 0 Å². The van der Waals surface area contributed by atoms with Crippen molar-refractivity contribution in [3.63, 3.8) is 0 Å². The predicted molar refractivity (Wildman–Crippen MR) is 81.2 cm³/mol. The summed E-state index contributed by atoms with van der Waals surface area (Å²) in [7, 11) is 3.48. The maximum absolute atomic E-state index is 10.3. The molecular weight excluding hydrogens is 256 g/mol. The first-order chi connectivity index (χ1) is 9.54. The van der Waals surface area contributed by atoms with Crippen LogP contribution in [0.15, 0.2) is 6.33 Å². The number of nitrogens with zero attached hydrogens (tertiary/aromatic N) is 2. The zero-order valence-corrected chi connectivity index (χ0v) is 12.9. The van der Waals surface area contributed by atoms with Crippen LogP contribution in [-0.4, -0.2) is 48.0 Å². The highest BCUT2D eigenvalue weighted by molar-refractivity contribution is 5.57. The Hall–Kier alpha value is -1.40. The predicted octanol–water partition coefficient (Wildman–Crippen LogP) is 1.67. The molecule has 6 heteroatoms. The number of hydrogen-bond acceptors (Lipinski definition) is 6. The maximum atomic E-state index is 10.3. The number of methoxy groups -OCH3 is 1. The number of aliphatic hydroxyl groups is 1. The molecule has 0 aliphatic rings. The van der Waals surface area contributed by atoms with Crippen LogP contribution >= 0.6 is 0 Å². The van der Waals surface area contributed by atoms with Crippen LogP contribution in [0.5, 0.6) is 0 Å². The number of nitrogens with one attached hydrogen (secondary N) is 2. The van der Waals surface area contributed by atoms with Crippen LogP contribution in [0.3, 0.4) is 0 Å².